The van der Waals surface area contributed by atoms with Gasteiger partial charge in [0.15, 0.2) is 0 Å². The van der Waals surface area contributed by atoms with E-state index in [0.29, 0.717) is 5.56 Å². The number of carboxylic acid groups (broad SMARTS) is 1. The summed E-state index contributed by atoms with van der Waals surface area (Å²) in [5.41, 5.74) is 5.34. The van der Waals surface area contributed by atoms with Gasteiger partial charge < -0.3 is 10.1 Å². The Bertz CT molecular complexity index is 1080. The fraction of sp³-hybridized carbons (Fsp3) is 0.0476. The standard InChI is InChI=1S/C21H15FN2O2/c22-12-13-1-10-18-19(11-13)24-20(23-18)16-6-2-14(3-7-16)15-4-8-17(9-5-15)21(25)26/h1-11H,12H2,(H,23,24)(H,25,26). The van der Waals surface area contributed by atoms with E-state index in [1.54, 1.807) is 36.4 Å². The summed E-state index contributed by atoms with van der Waals surface area (Å²) in [5.74, 6) is -0.212. The average molecular weight is 346 g/mol. The molecule has 1 heterocycles. The van der Waals surface area contributed by atoms with Gasteiger partial charge in [0.1, 0.15) is 12.5 Å². The molecule has 2 N–H and O–H groups in total. The Balaban J connectivity index is 1.64. The maximum absolute atomic E-state index is 12.8. The quantitative estimate of drug-likeness (QED) is 0.542. The zero-order valence-electron chi connectivity index (χ0n) is 13.7. The fourth-order valence-corrected chi connectivity index (χ4v) is 2.90. The van der Waals surface area contributed by atoms with Crippen LogP contribution in [0.15, 0.2) is 66.7 Å². The molecule has 0 saturated carbocycles. The number of H-pyrrole nitrogens is 1. The van der Waals surface area contributed by atoms with Crippen LogP contribution in [-0.4, -0.2) is 21.0 Å². The molecule has 0 saturated heterocycles. The Kier molecular flexibility index (Phi) is 3.97. The molecule has 0 fully saturated rings. The zero-order valence-corrected chi connectivity index (χ0v) is 13.7. The molecule has 0 unspecified atom stereocenters. The minimum absolute atomic E-state index is 0.264. The number of alkyl halides is 1. The Morgan fingerprint density at radius 1 is 0.923 bits per heavy atom. The molecule has 0 spiro atoms. The van der Waals surface area contributed by atoms with E-state index in [9.17, 15) is 9.18 Å². The van der Waals surface area contributed by atoms with E-state index >= 15 is 0 Å². The number of hydrogen-bond donors (Lipinski definition) is 2. The van der Waals surface area contributed by atoms with Crippen LogP contribution in [0.1, 0.15) is 15.9 Å². The van der Waals surface area contributed by atoms with Crippen LogP contribution in [0.25, 0.3) is 33.5 Å². The van der Waals surface area contributed by atoms with Crippen LogP contribution in [0, 0.1) is 0 Å². The number of carbonyl (C=O) groups is 1. The second kappa shape index (κ2) is 6.44. The Morgan fingerprint density at radius 3 is 2.15 bits per heavy atom. The molecule has 0 aliphatic rings. The molecule has 0 amide bonds. The molecule has 5 heteroatoms. The van der Waals surface area contributed by atoms with Crippen molar-refractivity contribution >= 4 is 17.0 Å². The number of imidazole rings is 1. The molecule has 26 heavy (non-hydrogen) atoms. The van der Waals surface area contributed by atoms with Crippen molar-refractivity contribution in [2.75, 3.05) is 0 Å². The van der Waals surface area contributed by atoms with Crippen molar-refractivity contribution in [3.8, 4) is 22.5 Å². The highest BCUT2D eigenvalue weighted by Crippen LogP contribution is 2.25. The second-order valence-corrected chi connectivity index (χ2v) is 6.03. The van der Waals surface area contributed by atoms with Crippen LogP contribution >= 0.6 is 0 Å². The topological polar surface area (TPSA) is 66.0 Å². The lowest BCUT2D eigenvalue weighted by atomic mass is 10.0. The number of hydrogen-bond acceptors (Lipinski definition) is 2. The van der Waals surface area contributed by atoms with E-state index in [1.807, 2.05) is 30.3 Å². The molecule has 0 radical (unpaired) electrons. The van der Waals surface area contributed by atoms with E-state index in [1.165, 1.54) is 0 Å². The molecule has 128 valence electrons. The van der Waals surface area contributed by atoms with Gasteiger partial charge in [-0.2, -0.15) is 0 Å². The van der Waals surface area contributed by atoms with Gasteiger partial charge in [-0.3, -0.25) is 0 Å². The Morgan fingerprint density at radius 2 is 1.54 bits per heavy atom. The molecule has 0 atom stereocenters. The number of aromatic carboxylic acids is 1. The van der Waals surface area contributed by atoms with Gasteiger partial charge in [0.05, 0.1) is 16.6 Å². The number of rotatable bonds is 4. The molecule has 3 aromatic carbocycles. The second-order valence-electron chi connectivity index (χ2n) is 6.03. The van der Waals surface area contributed by atoms with Crippen molar-refractivity contribution in [3.05, 3.63) is 77.9 Å². The van der Waals surface area contributed by atoms with E-state index in [2.05, 4.69) is 9.97 Å². The summed E-state index contributed by atoms with van der Waals surface area (Å²) in [6.07, 6.45) is 0. The van der Waals surface area contributed by atoms with E-state index < -0.39 is 12.6 Å². The van der Waals surface area contributed by atoms with Crippen LogP contribution in [0.2, 0.25) is 0 Å². The van der Waals surface area contributed by atoms with Crippen LogP contribution < -0.4 is 0 Å². The minimum atomic E-state index is -0.937. The minimum Gasteiger partial charge on any atom is -0.478 e. The Hall–Kier alpha value is -3.47. The first-order valence-corrected chi connectivity index (χ1v) is 8.13. The molecule has 0 aliphatic carbocycles. The predicted octanol–water partition coefficient (Wildman–Crippen LogP) is 5.06. The normalized spacial score (nSPS) is 11.0. The summed E-state index contributed by atoms with van der Waals surface area (Å²) in [6.45, 7) is -0.500. The monoisotopic (exact) mass is 346 g/mol. The highest BCUT2D eigenvalue weighted by molar-refractivity contribution is 5.88. The van der Waals surface area contributed by atoms with Crippen LogP contribution in [-0.2, 0) is 6.67 Å². The first kappa shape index (κ1) is 16.0. The average Bonchev–Trinajstić information content (AvgIpc) is 3.11. The molecule has 4 aromatic rings. The number of aromatic amines is 1. The van der Waals surface area contributed by atoms with E-state index in [4.69, 9.17) is 5.11 Å². The van der Waals surface area contributed by atoms with Crippen LogP contribution in [0.3, 0.4) is 0 Å². The van der Waals surface area contributed by atoms with Crippen molar-refractivity contribution in [1.82, 2.24) is 9.97 Å². The summed E-state index contributed by atoms with van der Waals surface area (Å²) in [6, 6.07) is 19.9. The third kappa shape index (κ3) is 2.95. The van der Waals surface area contributed by atoms with Crippen molar-refractivity contribution in [3.63, 3.8) is 0 Å². The number of fused-ring (bicyclic) bond motifs is 1. The van der Waals surface area contributed by atoms with Gasteiger partial charge in [-0.1, -0.05) is 42.5 Å². The number of nitrogens with one attached hydrogen (secondary N) is 1. The zero-order chi connectivity index (χ0) is 18.1. The largest absolute Gasteiger partial charge is 0.478 e. The summed E-state index contributed by atoms with van der Waals surface area (Å²) in [5, 5.41) is 8.97. The summed E-state index contributed by atoms with van der Waals surface area (Å²) >= 11 is 0. The molecule has 0 aliphatic heterocycles. The van der Waals surface area contributed by atoms with Crippen molar-refractivity contribution < 1.29 is 14.3 Å². The third-order valence-corrected chi connectivity index (χ3v) is 4.32. The molecular formula is C21H15FN2O2. The van der Waals surface area contributed by atoms with Crippen molar-refractivity contribution in [2.45, 2.75) is 6.67 Å². The molecule has 4 rings (SSSR count). The summed E-state index contributed by atoms with van der Waals surface area (Å²) in [4.78, 5) is 18.7. The molecule has 4 nitrogen and oxygen atoms in total. The molecular weight excluding hydrogens is 331 g/mol. The first-order chi connectivity index (χ1) is 12.6. The smallest absolute Gasteiger partial charge is 0.335 e. The van der Waals surface area contributed by atoms with Crippen LogP contribution in [0.4, 0.5) is 4.39 Å². The third-order valence-electron chi connectivity index (χ3n) is 4.32. The van der Waals surface area contributed by atoms with E-state index in [-0.39, 0.29) is 5.56 Å². The van der Waals surface area contributed by atoms with Gasteiger partial charge in [-0.05, 0) is 41.0 Å². The van der Waals surface area contributed by atoms with Gasteiger partial charge >= 0.3 is 5.97 Å². The van der Waals surface area contributed by atoms with Gasteiger partial charge in [-0.15, -0.1) is 0 Å². The van der Waals surface area contributed by atoms with Gasteiger partial charge in [-0.25, -0.2) is 14.2 Å². The van der Waals surface area contributed by atoms with Crippen molar-refractivity contribution in [1.29, 1.82) is 0 Å². The number of nitrogens with zero attached hydrogens (tertiary/aromatic N) is 1. The summed E-state index contributed by atoms with van der Waals surface area (Å²) < 4.78 is 12.8. The Labute approximate surface area is 149 Å². The lowest BCUT2D eigenvalue weighted by molar-refractivity contribution is 0.0697. The number of halogens is 1. The number of benzene rings is 3. The highest BCUT2D eigenvalue weighted by atomic mass is 19.1. The lowest BCUT2D eigenvalue weighted by Crippen LogP contribution is -1.94. The van der Waals surface area contributed by atoms with Gasteiger partial charge in [0.25, 0.3) is 0 Å². The SMILES string of the molecule is O=C(O)c1ccc(-c2ccc(-c3nc4ccc(CF)cc4[nH]3)cc2)cc1. The first-order valence-electron chi connectivity index (χ1n) is 8.13. The number of aromatic nitrogens is 2. The molecule has 0 bridgehead atoms. The van der Waals surface area contributed by atoms with Crippen LogP contribution in [0.5, 0.6) is 0 Å². The highest BCUT2D eigenvalue weighted by Gasteiger charge is 2.07. The predicted molar refractivity (Wildman–Crippen MR) is 98.7 cm³/mol. The molecule has 1 aromatic heterocycles. The number of carboxylic acids is 1. The van der Waals surface area contributed by atoms with Gasteiger partial charge in [0.2, 0.25) is 0 Å². The fourth-order valence-electron chi connectivity index (χ4n) is 2.90. The lowest BCUT2D eigenvalue weighted by Gasteiger charge is -2.04. The maximum atomic E-state index is 12.8. The summed E-state index contributed by atoms with van der Waals surface area (Å²) in [7, 11) is 0. The van der Waals surface area contributed by atoms with Crippen molar-refractivity contribution in [2.24, 2.45) is 0 Å². The maximum Gasteiger partial charge on any atom is 0.335 e. The van der Waals surface area contributed by atoms with E-state index in [0.717, 1.165) is 33.5 Å². The van der Waals surface area contributed by atoms with Gasteiger partial charge in [0, 0.05) is 5.56 Å².